The summed E-state index contributed by atoms with van der Waals surface area (Å²) >= 11 is 0. The summed E-state index contributed by atoms with van der Waals surface area (Å²) in [6, 6.07) is 21.0. The minimum absolute atomic E-state index is 0.255. The van der Waals surface area contributed by atoms with Gasteiger partial charge in [-0.3, -0.25) is 0 Å². The van der Waals surface area contributed by atoms with Crippen molar-refractivity contribution >= 4 is 34.0 Å². The lowest BCUT2D eigenvalue weighted by molar-refractivity contribution is 0.627. The van der Waals surface area contributed by atoms with Crippen LogP contribution in [0, 0.1) is 5.82 Å². The number of H-pyrrole nitrogens is 2. The fourth-order valence-electron chi connectivity index (χ4n) is 3.80. The predicted molar refractivity (Wildman–Crippen MR) is 135 cm³/mol. The number of hydrogen-bond donors (Lipinski definition) is 3. The third-order valence-corrected chi connectivity index (χ3v) is 5.64. The van der Waals surface area contributed by atoms with Crippen molar-refractivity contribution in [2.45, 2.75) is 13.1 Å². The number of halogens is 1. The SMILES string of the molecule is CN(C)c1nc2ccc(NCc3ccc(N(Cc4ncc[nH]4)c4ccc(F)cc4)cc3)cc2[nH]1. The summed E-state index contributed by atoms with van der Waals surface area (Å²) in [5, 5.41) is 3.48. The third kappa shape index (κ3) is 4.71. The van der Waals surface area contributed by atoms with Gasteiger partial charge in [-0.2, -0.15) is 0 Å². The molecule has 2 heterocycles. The Morgan fingerprint density at radius 1 is 0.941 bits per heavy atom. The fourth-order valence-corrected chi connectivity index (χ4v) is 3.80. The number of aromatic amines is 2. The predicted octanol–water partition coefficient (Wildman–Crippen LogP) is 5.44. The van der Waals surface area contributed by atoms with Gasteiger partial charge in [0.2, 0.25) is 5.95 Å². The molecule has 34 heavy (non-hydrogen) atoms. The molecule has 0 spiro atoms. The Labute approximate surface area is 197 Å². The van der Waals surface area contributed by atoms with Gasteiger partial charge in [0.25, 0.3) is 0 Å². The molecule has 3 N–H and O–H groups in total. The first kappa shape index (κ1) is 21.5. The molecule has 0 unspecified atom stereocenters. The van der Waals surface area contributed by atoms with Crippen LogP contribution in [0.4, 0.5) is 27.4 Å². The number of benzene rings is 3. The first-order chi connectivity index (χ1) is 16.5. The van der Waals surface area contributed by atoms with E-state index >= 15 is 0 Å². The molecule has 0 saturated heterocycles. The highest BCUT2D eigenvalue weighted by Gasteiger charge is 2.12. The Morgan fingerprint density at radius 3 is 2.35 bits per heavy atom. The highest BCUT2D eigenvalue weighted by atomic mass is 19.1. The van der Waals surface area contributed by atoms with Gasteiger partial charge in [-0.15, -0.1) is 0 Å². The Morgan fingerprint density at radius 2 is 1.68 bits per heavy atom. The molecular formula is C26H26FN7. The van der Waals surface area contributed by atoms with E-state index in [0.29, 0.717) is 13.1 Å². The Hall–Kier alpha value is -4.33. The number of rotatable bonds is 8. The van der Waals surface area contributed by atoms with E-state index < -0.39 is 0 Å². The molecule has 172 valence electrons. The van der Waals surface area contributed by atoms with Gasteiger partial charge < -0.3 is 25.1 Å². The lowest BCUT2D eigenvalue weighted by Crippen LogP contribution is -2.17. The largest absolute Gasteiger partial charge is 0.381 e. The summed E-state index contributed by atoms with van der Waals surface area (Å²) < 4.78 is 13.5. The quantitative estimate of drug-likeness (QED) is 0.290. The van der Waals surface area contributed by atoms with Crippen molar-refractivity contribution in [1.82, 2.24) is 19.9 Å². The lowest BCUT2D eigenvalue weighted by Gasteiger charge is -2.24. The van der Waals surface area contributed by atoms with E-state index in [-0.39, 0.29) is 5.82 Å². The van der Waals surface area contributed by atoms with Crippen LogP contribution in [0.25, 0.3) is 11.0 Å². The maximum atomic E-state index is 13.5. The number of imidazole rings is 2. The average Bonchev–Trinajstić information content (AvgIpc) is 3.52. The highest BCUT2D eigenvalue weighted by molar-refractivity contribution is 5.81. The molecular weight excluding hydrogens is 429 g/mol. The summed E-state index contributed by atoms with van der Waals surface area (Å²) in [5.41, 5.74) is 6.01. The van der Waals surface area contributed by atoms with Crippen LogP contribution in [0.2, 0.25) is 0 Å². The van der Waals surface area contributed by atoms with Crippen LogP contribution in [-0.4, -0.2) is 34.0 Å². The maximum absolute atomic E-state index is 13.5. The molecule has 0 amide bonds. The normalized spacial score (nSPS) is 11.0. The molecule has 0 aliphatic rings. The number of hydrogen-bond acceptors (Lipinski definition) is 5. The van der Waals surface area contributed by atoms with Gasteiger partial charge in [0.05, 0.1) is 17.6 Å². The summed E-state index contributed by atoms with van der Waals surface area (Å²) in [4.78, 5) is 19.4. The molecule has 3 aromatic carbocycles. The van der Waals surface area contributed by atoms with Gasteiger partial charge in [-0.25, -0.2) is 14.4 Å². The van der Waals surface area contributed by atoms with Crippen LogP contribution < -0.4 is 15.1 Å². The monoisotopic (exact) mass is 455 g/mol. The molecule has 7 nitrogen and oxygen atoms in total. The van der Waals surface area contributed by atoms with Crippen molar-refractivity contribution in [3.8, 4) is 0 Å². The zero-order valence-electron chi connectivity index (χ0n) is 19.1. The minimum Gasteiger partial charge on any atom is -0.381 e. The van der Waals surface area contributed by atoms with Crippen molar-refractivity contribution < 1.29 is 4.39 Å². The van der Waals surface area contributed by atoms with E-state index in [4.69, 9.17) is 0 Å². The number of nitrogens with one attached hydrogen (secondary N) is 3. The second-order valence-corrected chi connectivity index (χ2v) is 8.31. The number of aromatic nitrogens is 4. The van der Waals surface area contributed by atoms with Crippen molar-refractivity contribution in [3.05, 3.63) is 96.3 Å². The zero-order valence-corrected chi connectivity index (χ0v) is 19.1. The van der Waals surface area contributed by atoms with Crippen molar-refractivity contribution in [2.75, 3.05) is 29.2 Å². The van der Waals surface area contributed by atoms with E-state index in [1.54, 1.807) is 24.5 Å². The van der Waals surface area contributed by atoms with Crippen LogP contribution in [0.15, 0.2) is 79.1 Å². The number of anilines is 4. The van der Waals surface area contributed by atoms with Crippen molar-refractivity contribution in [3.63, 3.8) is 0 Å². The zero-order chi connectivity index (χ0) is 23.5. The van der Waals surface area contributed by atoms with Crippen molar-refractivity contribution in [1.29, 1.82) is 0 Å². The molecule has 0 fully saturated rings. The Kier molecular flexibility index (Phi) is 5.86. The lowest BCUT2D eigenvalue weighted by atomic mass is 10.1. The van der Waals surface area contributed by atoms with Gasteiger partial charge >= 0.3 is 0 Å². The van der Waals surface area contributed by atoms with E-state index in [9.17, 15) is 4.39 Å². The second kappa shape index (κ2) is 9.27. The van der Waals surface area contributed by atoms with E-state index in [1.165, 1.54) is 12.1 Å². The van der Waals surface area contributed by atoms with E-state index in [0.717, 1.165) is 45.4 Å². The van der Waals surface area contributed by atoms with Crippen molar-refractivity contribution in [2.24, 2.45) is 0 Å². The molecule has 0 radical (unpaired) electrons. The molecule has 0 aliphatic heterocycles. The summed E-state index contributed by atoms with van der Waals surface area (Å²) in [5.74, 6) is 1.42. The first-order valence-corrected chi connectivity index (χ1v) is 11.1. The smallest absolute Gasteiger partial charge is 0.203 e. The molecule has 0 aliphatic carbocycles. The summed E-state index contributed by atoms with van der Waals surface area (Å²) in [6.07, 6.45) is 3.53. The van der Waals surface area contributed by atoms with Crippen LogP contribution in [0.1, 0.15) is 11.4 Å². The van der Waals surface area contributed by atoms with Gasteiger partial charge in [-0.1, -0.05) is 12.1 Å². The average molecular weight is 456 g/mol. The first-order valence-electron chi connectivity index (χ1n) is 11.1. The maximum Gasteiger partial charge on any atom is 0.203 e. The molecule has 5 aromatic rings. The molecule has 5 rings (SSSR count). The van der Waals surface area contributed by atoms with Gasteiger partial charge in [-0.05, 0) is 60.2 Å². The topological polar surface area (TPSA) is 75.9 Å². The van der Waals surface area contributed by atoms with Crippen LogP contribution in [-0.2, 0) is 13.1 Å². The van der Waals surface area contributed by atoms with E-state index in [2.05, 4.69) is 60.5 Å². The molecule has 0 bridgehead atoms. The van der Waals surface area contributed by atoms with Crippen LogP contribution in [0.3, 0.4) is 0 Å². The standard InChI is InChI=1S/C26H26FN7/c1-33(2)26-31-23-12-7-20(15-24(23)32-26)30-16-18-3-8-21(9-4-18)34(17-25-28-13-14-29-25)22-10-5-19(27)6-11-22/h3-15,30H,16-17H2,1-2H3,(H,28,29)(H,31,32). The number of fused-ring (bicyclic) bond motifs is 1. The van der Waals surface area contributed by atoms with Crippen LogP contribution >= 0.6 is 0 Å². The highest BCUT2D eigenvalue weighted by Crippen LogP contribution is 2.28. The van der Waals surface area contributed by atoms with Gasteiger partial charge in [0.1, 0.15) is 11.6 Å². The summed E-state index contributed by atoms with van der Waals surface area (Å²) in [7, 11) is 3.93. The van der Waals surface area contributed by atoms with E-state index in [1.807, 2.05) is 31.1 Å². The third-order valence-electron chi connectivity index (χ3n) is 5.64. The second-order valence-electron chi connectivity index (χ2n) is 8.31. The minimum atomic E-state index is -0.255. The Balaban J connectivity index is 1.31. The van der Waals surface area contributed by atoms with Gasteiger partial charge in [0, 0.05) is 50.1 Å². The van der Waals surface area contributed by atoms with Crippen LogP contribution in [0.5, 0.6) is 0 Å². The fraction of sp³-hybridized carbons (Fsp3) is 0.154. The number of nitrogens with zero attached hydrogens (tertiary/aromatic N) is 4. The molecule has 0 atom stereocenters. The van der Waals surface area contributed by atoms with Gasteiger partial charge in [0.15, 0.2) is 0 Å². The molecule has 0 saturated carbocycles. The molecule has 8 heteroatoms. The molecule has 2 aromatic heterocycles. The summed E-state index contributed by atoms with van der Waals surface area (Å²) in [6.45, 7) is 1.24. The Bertz CT molecular complexity index is 1360.